The van der Waals surface area contributed by atoms with Crippen molar-refractivity contribution >= 4 is 11.8 Å². The monoisotopic (exact) mass is 542 g/mol. The van der Waals surface area contributed by atoms with Gasteiger partial charge < -0.3 is 18.9 Å². The van der Waals surface area contributed by atoms with Crippen molar-refractivity contribution in [2.75, 3.05) is 19.5 Å². The molecule has 3 aromatic carbocycles. The Kier molecular flexibility index (Phi) is 7.16. The van der Waals surface area contributed by atoms with Gasteiger partial charge in [-0.05, 0) is 34.6 Å². The summed E-state index contributed by atoms with van der Waals surface area (Å²) in [6, 6.07) is 30.3. The summed E-state index contributed by atoms with van der Waals surface area (Å²) < 4.78 is 27.1. The average molecular weight is 543 g/mol. The zero-order valence-corrected chi connectivity index (χ0v) is 22.6. The summed E-state index contributed by atoms with van der Waals surface area (Å²) in [4.78, 5) is 15.8. The highest BCUT2D eigenvalue weighted by Gasteiger charge is 2.52. The molecule has 8 heteroatoms. The van der Waals surface area contributed by atoms with Crippen molar-refractivity contribution < 1.29 is 18.9 Å². The van der Waals surface area contributed by atoms with Crippen LogP contribution >= 0.6 is 11.8 Å². The number of rotatable bonds is 9. The van der Waals surface area contributed by atoms with E-state index in [0.29, 0.717) is 12.6 Å². The van der Waals surface area contributed by atoms with E-state index in [9.17, 15) is 4.79 Å². The van der Waals surface area contributed by atoms with E-state index in [0.717, 1.165) is 28.2 Å². The molecule has 3 heterocycles. The van der Waals surface area contributed by atoms with Gasteiger partial charge in [0.15, 0.2) is 12.3 Å². The van der Waals surface area contributed by atoms with Crippen LogP contribution in [0.5, 0.6) is 11.8 Å². The van der Waals surface area contributed by atoms with Crippen LogP contribution in [0.2, 0.25) is 0 Å². The van der Waals surface area contributed by atoms with Gasteiger partial charge in [-0.2, -0.15) is 16.7 Å². The van der Waals surface area contributed by atoms with Crippen molar-refractivity contribution in [3.8, 4) is 11.8 Å². The van der Waals surface area contributed by atoms with Crippen molar-refractivity contribution in [2.24, 2.45) is 0 Å². The first-order valence-electron chi connectivity index (χ1n) is 13.1. The SMILES string of the molecule is CCS[C@H]1[C@@H]2Oc3nc(=O)ccn3[C@@H]2O[C@@H]1COC(c1ccccc1)(c1ccccc1)c1ccc(OC)cc1. The van der Waals surface area contributed by atoms with Gasteiger partial charge in [-0.3, -0.25) is 9.36 Å². The predicted octanol–water partition coefficient (Wildman–Crippen LogP) is 5.04. The van der Waals surface area contributed by atoms with Crippen molar-refractivity contribution in [3.05, 3.63) is 124 Å². The van der Waals surface area contributed by atoms with E-state index in [1.54, 1.807) is 29.6 Å². The highest BCUT2D eigenvalue weighted by molar-refractivity contribution is 8.00. The molecule has 2 aliphatic rings. The number of hydrogen-bond donors (Lipinski definition) is 0. The molecule has 39 heavy (non-hydrogen) atoms. The molecule has 4 atom stereocenters. The first kappa shape index (κ1) is 25.7. The van der Waals surface area contributed by atoms with Crippen LogP contribution in [0.1, 0.15) is 29.8 Å². The highest BCUT2D eigenvalue weighted by Crippen LogP contribution is 2.46. The van der Waals surface area contributed by atoms with Crippen molar-refractivity contribution in [2.45, 2.75) is 36.2 Å². The molecule has 1 saturated heterocycles. The fourth-order valence-electron chi connectivity index (χ4n) is 5.51. The maximum Gasteiger partial charge on any atom is 0.302 e. The number of hydrogen-bond acceptors (Lipinski definition) is 7. The minimum Gasteiger partial charge on any atom is -0.497 e. The van der Waals surface area contributed by atoms with Gasteiger partial charge in [-0.15, -0.1) is 0 Å². The second kappa shape index (κ2) is 10.9. The van der Waals surface area contributed by atoms with E-state index in [2.05, 4.69) is 48.3 Å². The largest absolute Gasteiger partial charge is 0.497 e. The molecule has 1 fully saturated rings. The lowest BCUT2D eigenvalue weighted by molar-refractivity contribution is -0.0759. The van der Waals surface area contributed by atoms with Crippen LogP contribution in [0.3, 0.4) is 0 Å². The molecule has 0 unspecified atom stereocenters. The second-order valence-electron chi connectivity index (χ2n) is 9.48. The van der Waals surface area contributed by atoms with Crippen LogP contribution in [-0.2, 0) is 15.1 Å². The molecule has 7 nitrogen and oxygen atoms in total. The fourth-order valence-corrected chi connectivity index (χ4v) is 6.64. The first-order chi connectivity index (χ1) is 19.1. The molecule has 0 spiro atoms. The number of fused-ring (bicyclic) bond motifs is 3. The Morgan fingerprint density at radius 3 is 2.18 bits per heavy atom. The van der Waals surface area contributed by atoms with Gasteiger partial charge in [0.05, 0.1) is 25.1 Å². The molecule has 1 aromatic heterocycles. The van der Waals surface area contributed by atoms with Crippen LogP contribution in [0, 0.1) is 0 Å². The van der Waals surface area contributed by atoms with Crippen molar-refractivity contribution in [3.63, 3.8) is 0 Å². The minimum atomic E-state index is -0.887. The van der Waals surface area contributed by atoms with Crippen LogP contribution < -0.4 is 15.0 Å². The highest BCUT2D eigenvalue weighted by atomic mass is 32.2. The van der Waals surface area contributed by atoms with E-state index in [1.807, 2.05) is 48.5 Å². The number of ether oxygens (including phenoxy) is 4. The molecular formula is C31H30N2O5S. The molecular weight excluding hydrogens is 512 g/mol. The van der Waals surface area contributed by atoms with E-state index in [4.69, 9.17) is 18.9 Å². The third-order valence-corrected chi connectivity index (χ3v) is 8.58. The molecule has 200 valence electrons. The molecule has 0 N–H and O–H groups in total. The third kappa shape index (κ3) is 4.62. The van der Waals surface area contributed by atoms with Gasteiger partial charge in [-0.25, -0.2) is 0 Å². The summed E-state index contributed by atoms with van der Waals surface area (Å²) >= 11 is 1.78. The molecule has 2 aliphatic heterocycles. The summed E-state index contributed by atoms with van der Waals surface area (Å²) in [7, 11) is 1.67. The lowest BCUT2D eigenvalue weighted by atomic mass is 9.80. The summed E-state index contributed by atoms with van der Waals surface area (Å²) in [6.45, 7) is 2.45. The second-order valence-corrected chi connectivity index (χ2v) is 10.9. The summed E-state index contributed by atoms with van der Waals surface area (Å²) in [6.07, 6.45) is 0.820. The lowest BCUT2D eigenvalue weighted by Crippen LogP contribution is -2.39. The van der Waals surface area contributed by atoms with Gasteiger partial charge in [-0.1, -0.05) is 79.7 Å². The van der Waals surface area contributed by atoms with E-state index >= 15 is 0 Å². The van der Waals surface area contributed by atoms with Gasteiger partial charge in [0.2, 0.25) is 0 Å². The number of thioether (sulfide) groups is 1. The maximum absolute atomic E-state index is 11.8. The van der Waals surface area contributed by atoms with Crippen molar-refractivity contribution in [1.82, 2.24) is 9.55 Å². The van der Waals surface area contributed by atoms with Crippen LogP contribution in [0.15, 0.2) is 102 Å². The number of aromatic nitrogens is 2. The molecule has 0 aliphatic carbocycles. The lowest BCUT2D eigenvalue weighted by Gasteiger charge is -2.37. The van der Waals surface area contributed by atoms with Crippen LogP contribution in [-0.4, -0.2) is 46.5 Å². The van der Waals surface area contributed by atoms with E-state index in [-0.39, 0.29) is 29.2 Å². The molecule has 0 bridgehead atoms. The normalized spacial score (nSPS) is 21.7. The van der Waals surface area contributed by atoms with Gasteiger partial charge in [0.1, 0.15) is 11.4 Å². The zero-order valence-electron chi connectivity index (χ0n) is 21.8. The third-order valence-electron chi connectivity index (χ3n) is 7.29. The number of benzene rings is 3. The van der Waals surface area contributed by atoms with E-state index < -0.39 is 5.60 Å². The van der Waals surface area contributed by atoms with Gasteiger partial charge >= 0.3 is 6.01 Å². The fraction of sp³-hybridized carbons (Fsp3) is 0.290. The Labute approximate surface area is 231 Å². The number of methoxy groups -OCH3 is 1. The summed E-state index contributed by atoms with van der Waals surface area (Å²) in [5.74, 6) is 1.67. The Morgan fingerprint density at radius 2 is 1.56 bits per heavy atom. The first-order valence-corrected chi connectivity index (χ1v) is 14.1. The smallest absolute Gasteiger partial charge is 0.302 e. The Hall–Kier alpha value is -3.59. The average Bonchev–Trinajstić information content (AvgIpc) is 3.50. The molecule has 4 aromatic rings. The molecule has 0 radical (unpaired) electrons. The Balaban J connectivity index is 1.39. The van der Waals surface area contributed by atoms with Crippen molar-refractivity contribution in [1.29, 1.82) is 0 Å². The Bertz CT molecular complexity index is 1420. The minimum absolute atomic E-state index is 0.00286. The van der Waals surface area contributed by atoms with Gasteiger partial charge in [0.25, 0.3) is 5.56 Å². The van der Waals surface area contributed by atoms with E-state index in [1.165, 1.54) is 6.07 Å². The zero-order chi connectivity index (χ0) is 26.8. The van der Waals surface area contributed by atoms with Crippen LogP contribution in [0.25, 0.3) is 0 Å². The molecule has 0 saturated carbocycles. The maximum atomic E-state index is 11.8. The predicted molar refractivity (Wildman–Crippen MR) is 150 cm³/mol. The molecule has 0 amide bonds. The quantitative estimate of drug-likeness (QED) is 0.275. The number of nitrogens with zero attached hydrogens (tertiary/aromatic N) is 2. The Morgan fingerprint density at radius 1 is 0.923 bits per heavy atom. The summed E-state index contributed by atoms with van der Waals surface area (Å²) in [5, 5.41) is -0.00286. The standard InChI is InChI=1S/C31H30N2O5S/c1-3-39-28-25(37-29-27(28)38-30-32-26(34)18-19-33(29)30)20-36-31(21-10-6-4-7-11-21,22-12-8-5-9-13-22)23-14-16-24(35-2)17-15-23/h4-19,25,27-29H,3,20H2,1-2H3/t25-,27+,28-,29-/m1/s1. The topological polar surface area (TPSA) is 71.8 Å². The van der Waals surface area contributed by atoms with Crippen LogP contribution in [0.4, 0.5) is 0 Å². The van der Waals surface area contributed by atoms with Gasteiger partial charge in [0, 0.05) is 12.3 Å². The molecule has 6 rings (SSSR count). The summed E-state index contributed by atoms with van der Waals surface area (Å²) in [5.41, 5.74) is 1.81.